The van der Waals surface area contributed by atoms with Crippen LogP contribution >= 0.6 is 11.8 Å². The predicted molar refractivity (Wildman–Crippen MR) is 86.8 cm³/mol. The molecule has 0 aliphatic heterocycles. The van der Waals surface area contributed by atoms with E-state index in [2.05, 4.69) is 21.0 Å². The molecule has 24 heavy (non-hydrogen) atoms. The van der Waals surface area contributed by atoms with Gasteiger partial charge in [-0.2, -0.15) is 0 Å². The lowest BCUT2D eigenvalue weighted by Gasteiger charge is -2.55. The smallest absolute Gasteiger partial charge is 0.277 e. The van der Waals surface area contributed by atoms with E-state index in [0.29, 0.717) is 5.22 Å². The molecule has 0 saturated heterocycles. The fourth-order valence-electron chi connectivity index (χ4n) is 5.18. The van der Waals surface area contributed by atoms with Crippen molar-refractivity contribution in [2.24, 2.45) is 17.8 Å². The average Bonchev–Trinajstić information content (AvgIpc) is 2.99. The lowest BCUT2D eigenvalue weighted by atomic mass is 9.49. The summed E-state index contributed by atoms with van der Waals surface area (Å²) < 4.78 is 5.92. The van der Waals surface area contributed by atoms with E-state index >= 15 is 0 Å². The SMILES string of the molecule is CC(=O)NNC(=O)CSc1nnc(C23CC4CC(CC(C4)C2)C3)o1. The van der Waals surface area contributed by atoms with Crippen molar-refractivity contribution in [1.82, 2.24) is 21.0 Å². The number of thioether (sulfide) groups is 1. The predicted octanol–water partition coefficient (Wildman–Crippen LogP) is 1.80. The number of aromatic nitrogens is 2. The summed E-state index contributed by atoms with van der Waals surface area (Å²) in [6, 6.07) is 0. The van der Waals surface area contributed by atoms with Gasteiger partial charge in [-0.15, -0.1) is 10.2 Å². The Morgan fingerprint density at radius 3 is 2.33 bits per heavy atom. The van der Waals surface area contributed by atoms with Crippen LogP contribution in [0.2, 0.25) is 0 Å². The highest BCUT2D eigenvalue weighted by molar-refractivity contribution is 7.99. The van der Waals surface area contributed by atoms with Crippen molar-refractivity contribution in [2.45, 2.75) is 56.1 Å². The van der Waals surface area contributed by atoms with Crippen molar-refractivity contribution in [2.75, 3.05) is 5.75 Å². The molecule has 4 aliphatic rings. The van der Waals surface area contributed by atoms with Gasteiger partial charge in [0, 0.05) is 12.3 Å². The molecule has 1 aromatic rings. The zero-order chi connectivity index (χ0) is 16.7. The van der Waals surface area contributed by atoms with E-state index in [1.807, 2.05) is 0 Å². The molecule has 4 fully saturated rings. The Labute approximate surface area is 144 Å². The van der Waals surface area contributed by atoms with Gasteiger partial charge in [0.05, 0.1) is 5.75 Å². The molecule has 0 spiro atoms. The number of carbonyl (C=O) groups excluding carboxylic acids is 2. The highest BCUT2D eigenvalue weighted by atomic mass is 32.2. The molecule has 7 nitrogen and oxygen atoms in total. The van der Waals surface area contributed by atoms with Crippen LogP contribution in [0.1, 0.15) is 51.3 Å². The highest BCUT2D eigenvalue weighted by Gasteiger charge is 2.54. The lowest BCUT2D eigenvalue weighted by Crippen LogP contribution is -2.48. The fourth-order valence-corrected chi connectivity index (χ4v) is 5.74. The summed E-state index contributed by atoms with van der Waals surface area (Å²) in [5.74, 6) is 2.75. The molecule has 8 heteroatoms. The van der Waals surface area contributed by atoms with Gasteiger partial charge >= 0.3 is 0 Å². The summed E-state index contributed by atoms with van der Waals surface area (Å²) in [7, 11) is 0. The van der Waals surface area contributed by atoms with Crippen molar-refractivity contribution in [3.63, 3.8) is 0 Å². The number of nitrogens with one attached hydrogen (secondary N) is 2. The summed E-state index contributed by atoms with van der Waals surface area (Å²) in [5.41, 5.74) is 4.66. The van der Waals surface area contributed by atoms with Crippen LogP contribution in [-0.2, 0) is 15.0 Å². The molecule has 4 bridgehead atoms. The summed E-state index contributed by atoms with van der Waals surface area (Å²) in [6.07, 6.45) is 7.64. The van der Waals surface area contributed by atoms with E-state index in [-0.39, 0.29) is 23.0 Å². The van der Waals surface area contributed by atoms with E-state index in [4.69, 9.17) is 4.42 Å². The normalized spacial score (nSPS) is 33.5. The number of hydrazine groups is 1. The first-order valence-corrected chi connectivity index (χ1v) is 9.53. The van der Waals surface area contributed by atoms with Gasteiger partial charge < -0.3 is 4.42 Å². The van der Waals surface area contributed by atoms with Crippen LogP contribution in [-0.4, -0.2) is 27.8 Å². The van der Waals surface area contributed by atoms with Crippen LogP contribution < -0.4 is 10.9 Å². The Kier molecular flexibility index (Phi) is 4.02. The summed E-state index contributed by atoms with van der Waals surface area (Å²) in [4.78, 5) is 22.4. The van der Waals surface area contributed by atoms with E-state index in [1.165, 1.54) is 57.2 Å². The molecule has 4 saturated carbocycles. The first-order chi connectivity index (χ1) is 11.5. The second-order valence-corrected chi connectivity index (χ2v) is 8.52. The zero-order valence-electron chi connectivity index (χ0n) is 13.7. The number of hydrogen-bond acceptors (Lipinski definition) is 6. The van der Waals surface area contributed by atoms with Gasteiger partial charge in [-0.3, -0.25) is 20.4 Å². The van der Waals surface area contributed by atoms with Crippen molar-refractivity contribution < 1.29 is 14.0 Å². The standard InChI is InChI=1S/C16H22N4O3S/c1-9(21)17-18-13(22)8-24-15-20-19-14(23-15)16-5-10-2-11(6-16)4-12(3-10)7-16/h10-12H,2-8H2,1H3,(H,17,21)(H,18,22). The number of amides is 2. The van der Waals surface area contributed by atoms with Crippen molar-refractivity contribution >= 4 is 23.6 Å². The first-order valence-electron chi connectivity index (χ1n) is 8.54. The van der Waals surface area contributed by atoms with Crippen LogP contribution in [0.5, 0.6) is 0 Å². The van der Waals surface area contributed by atoms with Crippen LogP contribution in [0.25, 0.3) is 0 Å². The Balaban J connectivity index is 1.38. The lowest BCUT2D eigenvalue weighted by molar-refractivity contribution is -0.126. The number of nitrogens with zero attached hydrogens (tertiary/aromatic N) is 2. The second kappa shape index (κ2) is 6.06. The summed E-state index contributed by atoms with van der Waals surface area (Å²) in [5, 5.41) is 8.87. The second-order valence-electron chi connectivity index (χ2n) is 7.59. The van der Waals surface area contributed by atoms with E-state index in [9.17, 15) is 9.59 Å². The molecular formula is C16H22N4O3S. The van der Waals surface area contributed by atoms with Gasteiger partial charge in [0.15, 0.2) is 0 Å². The maximum Gasteiger partial charge on any atom is 0.277 e. The van der Waals surface area contributed by atoms with Crippen LogP contribution in [0.4, 0.5) is 0 Å². The van der Waals surface area contributed by atoms with E-state index in [0.717, 1.165) is 23.6 Å². The van der Waals surface area contributed by atoms with Crippen molar-refractivity contribution in [3.05, 3.63) is 5.89 Å². The Morgan fingerprint density at radius 1 is 1.12 bits per heavy atom. The molecule has 0 radical (unpaired) electrons. The minimum atomic E-state index is -0.310. The van der Waals surface area contributed by atoms with Gasteiger partial charge in [0.25, 0.3) is 5.22 Å². The van der Waals surface area contributed by atoms with Crippen molar-refractivity contribution in [1.29, 1.82) is 0 Å². The first kappa shape index (κ1) is 15.9. The molecule has 1 aromatic heterocycles. The minimum absolute atomic E-state index is 0.0823. The van der Waals surface area contributed by atoms with E-state index < -0.39 is 0 Å². The topological polar surface area (TPSA) is 97.1 Å². The fraction of sp³-hybridized carbons (Fsp3) is 0.750. The molecule has 0 aromatic carbocycles. The maximum absolute atomic E-state index is 11.6. The summed E-state index contributed by atoms with van der Waals surface area (Å²) >= 11 is 1.20. The molecule has 5 rings (SSSR count). The Bertz CT molecular complexity index is 624. The number of rotatable bonds is 4. The summed E-state index contributed by atoms with van der Waals surface area (Å²) in [6.45, 7) is 1.34. The van der Waals surface area contributed by atoms with Gasteiger partial charge in [-0.05, 0) is 56.3 Å². The molecule has 0 atom stereocenters. The third-order valence-electron chi connectivity index (χ3n) is 5.60. The monoisotopic (exact) mass is 350 g/mol. The maximum atomic E-state index is 11.6. The molecule has 2 N–H and O–H groups in total. The third kappa shape index (κ3) is 3.03. The largest absolute Gasteiger partial charge is 0.415 e. The molecule has 4 aliphatic carbocycles. The van der Waals surface area contributed by atoms with Gasteiger partial charge in [-0.1, -0.05) is 11.8 Å². The van der Waals surface area contributed by atoms with Crippen LogP contribution in [0, 0.1) is 17.8 Å². The van der Waals surface area contributed by atoms with Crippen molar-refractivity contribution in [3.8, 4) is 0 Å². The molecule has 2 amide bonds. The van der Waals surface area contributed by atoms with E-state index in [1.54, 1.807) is 0 Å². The minimum Gasteiger partial charge on any atom is -0.415 e. The third-order valence-corrected chi connectivity index (χ3v) is 6.42. The molecular weight excluding hydrogens is 328 g/mol. The number of hydrogen-bond donors (Lipinski definition) is 2. The quantitative estimate of drug-likeness (QED) is 0.635. The molecule has 1 heterocycles. The molecule has 130 valence electrons. The van der Waals surface area contributed by atoms with Crippen LogP contribution in [0.3, 0.4) is 0 Å². The van der Waals surface area contributed by atoms with Gasteiger partial charge in [0.2, 0.25) is 17.7 Å². The van der Waals surface area contributed by atoms with Gasteiger partial charge in [-0.25, -0.2) is 0 Å². The number of carbonyl (C=O) groups is 2. The highest BCUT2D eigenvalue weighted by Crippen LogP contribution is 2.60. The molecule has 0 unspecified atom stereocenters. The Hall–Kier alpha value is -1.57. The zero-order valence-corrected chi connectivity index (χ0v) is 14.5. The van der Waals surface area contributed by atoms with Crippen LogP contribution in [0.15, 0.2) is 9.64 Å². The average molecular weight is 350 g/mol. The van der Waals surface area contributed by atoms with Gasteiger partial charge in [0.1, 0.15) is 0 Å². The Morgan fingerprint density at radius 2 is 1.75 bits per heavy atom.